The molecule has 0 aromatic rings. The van der Waals surface area contributed by atoms with Crippen molar-refractivity contribution in [3.05, 3.63) is 11.6 Å². The van der Waals surface area contributed by atoms with Crippen LogP contribution >= 0.6 is 0 Å². The van der Waals surface area contributed by atoms with E-state index >= 15 is 0 Å². The largest absolute Gasteiger partial charge is 0.466 e. The molecule has 0 heterocycles. The number of esters is 1. The molecule has 0 aliphatic rings. The van der Waals surface area contributed by atoms with Gasteiger partial charge in [-0.1, -0.05) is 97.5 Å². The van der Waals surface area contributed by atoms with Crippen LogP contribution in [0.4, 0.5) is 0 Å². The van der Waals surface area contributed by atoms with Gasteiger partial charge in [0.2, 0.25) is 0 Å². The Hall–Kier alpha value is -0.613. The van der Waals surface area contributed by atoms with Crippen molar-refractivity contribution in [2.75, 3.05) is 7.11 Å². The first-order chi connectivity index (χ1) is 14.3. The van der Waals surface area contributed by atoms with E-state index in [0.717, 1.165) is 31.3 Å². The lowest BCUT2D eigenvalue weighted by Crippen LogP contribution is -2.38. The Kier molecular flexibility index (Phi) is 17.6. The number of methoxy groups -OCH3 is 1. The van der Waals surface area contributed by atoms with Gasteiger partial charge in [0.15, 0.2) is 8.32 Å². The van der Waals surface area contributed by atoms with E-state index in [-0.39, 0.29) is 12.1 Å². The van der Waals surface area contributed by atoms with Crippen LogP contribution in [0, 0.1) is 5.92 Å². The summed E-state index contributed by atoms with van der Waals surface area (Å²) in [5.41, 5.74) is 0.743. The van der Waals surface area contributed by atoms with Gasteiger partial charge in [0.1, 0.15) is 0 Å². The van der Waals surface area contributed by atoms with Crippen LogP contribution in [0.3, 0.4) is 0 Å². The van der Waals surface area contributed by atoms with Crippen LogP contribution in [0.25, 0.3) is 0 Å². The lowest BCUT2D eigenvalue weighted by molar-refractivity contribution is -0.137. The molecule has 0 aromatic carbocycles. The molecule has 0 N–H and O–H groups in total. The molecular weight excluding hydrogens is 388 g/mol. The Labute approximate surface area is 189 Å². The van der Waals surface area contributed by atoms with Gasteiger partial charge in [0, 0.05) is 0 Å². The standard InChI is InChI=1S/C26H52O3Si/c1-8-10-11-12-13-14-15-16-17-18-19-20-22-24(26(27)28-4)25(23(3)21-9-2)29-30(5,6)7/h22-23,25H,8-21H2,1-7H3/b24-22-. The molecule has 0 saturated carbocycles. The van der Waals surface area contributed by atoms with E-state index in [4.69, 9.17) is 9.16 Å². The fraction of sp³-hybridized carbons (Fsp3) is 0.885. The number of carbonyl (C=O) groups is 1. The zero-order chi connectivity index (χ0) is 22.8. The van der Waals surface area contributed by atoms with E-state index in [1.165, 1.54) is 71.3 Å². The van der Waals surface area contributed by atoms with Crippen LogP contribution < -0.4 is 0 Å². The molecule has 0 rings (SSSR count). The maximum Gasteiger partial charge on any atom is 0.336 e. The van der Waals surface area contributed by atoms with Crippen molar-refractivity contribution in [1.29, 1.82) is 0 Å². The molecule has 0 spiro atoms. The number of allylic oxidation sites excluding steroid dienone is 1. The van der Waals surface area contributed by atoms with Crippen LogP contribution in [0.2, 0.25) is 19.6 Å². The molecule has 0 aliphatic heterocycles. The maximum absolute atomic E-state index is 12.5. The topological polar surface area (TPSA) is 35.5 Å². The number of hydrogen-bond donors (Lipinski definition) is 0. The summed E-state index contributed by atoms with van der Waals surface area (Å²) in [6.07, 6.45) is 19.8. The molecule has 0 aromatic heterocycles. The highest BCUT2D eigenvalue weighted by Crippen LogP contribution is 2.26. The molecule has 3 nitrogen and oxygen atoms in total. The predicted octanol–water partition coefficient (Wildman–Crippen LogP) is 8.44. The van der Waals surface area contributed by atoms with Gasteiger partial charge in [0.05, 0.1) is 18.8 Å². The maximum atomic E-state index is 12.5. The summed E-state index contributed by atoms with van der Waals surface area (Å²) in [4.78, 5) is 12.5. The van der Waals surface area contributed by atoms with E-state index in [9.17, 15) is 4.79 Å². The number of ether oxygens (including phenoxy) is 1. The fourth-order valence-corrected chi connectivity index (χ4v) is 5.09. The van der Waals surface area contributed by atoms with E-state index in [1.54, 1.807) is 0 Å². The molecule has 0 radical (unpaired) electrons. The SMILES string of the molecule is CCCCCCCCCCCCC/C=C(\C(=O)OC)C(O[Si](C)(C)C)C(C)CCC. The Morgan fingerprint density at radius 3 is 1.77 bits per heavy atom. The minimum absolute atomic E-state index is 0.142. The highest BCUT2D eigenvalue weighted by Gasteiger charge is 2.31. The van der Waals surface area contributed by atoms with Crippen molar-refractivity contribution in [3.8, 4) is 0 Å². The monoisotopic (exact) mass is 440 g/mol. The van der Waals surface area contributed by atoms with Crippen molar-refractivity contribution in [2.24, 2.45) is 5.92 Å². The summed E-state index contributed by atoms with van der Waals surface area (Å²) in [5.74, 6) is 0.105. The molecule has 30 heavy (non-hydrogen) atoms. The van der Waals surface area contributed by atoms with Crippen molar-refractivity contribution in [2.45, 2.75) is 136 Å². The molecule has 0 aliphatic carbocycles. The van der Waals surface area contributed by atoms with Gasteiger partial charge in [-0.05, 0) is 44.8 Å². The number of unbranched alkanes of at least 4 members (excludes halogenated alkanes) is 11. The van der Waals surface area contributed by atoms with E-state index < -0.39 is 8.32 Å². The van der Waals surface area contributed by atoms with Gasteiger partial charge in [-0.2, -0.15) is 0 Å². The zero-order valence-corrected chi connectivity index (χ0v) is 22.4. The predicted molar refractivity (Wildman–Crippen MR) is 133 cm³/mol. The third-order valence-corrected chi connectivity index (χ3v) is 6.60. The van der Waals surface area contributed by atoms with Crippen molar-refractivity contribution >= 4 is 14.3 Å². The quantitative estimate of drug-likeness (QED) is 0.0874. The molecule has 4 heteroatoms. The molecule has 2 atom stereocenters. The third-order valence-electron chi connectivity index (χ3n) is 5.64. The average molecular weight is 441 g/mol. The summed E-state index contributed by atoms with van der Waals surface area (Å²) < 4.78 is 11.6. The van der Waals surface area contributed by atoms with Crippen LogP contribution in [0.1, 0.15) is 111 Å². The van der Waals surface area contributed by atoms with E-state index in [1.807, 2.05) is 0 Å². The van der Waals surface area contributed by atoms with Gasteiger partial charge in [-0.15, -0.1) is 0 Å². The minimum Gasteiger partial charge on any atom is -0.466 e. The van der Waals surface area contributed by atoms with Gasteiger partial charge in [-0.3, -0.25) is 0 Å². The highest BCUT2D eigenvalue weighted by atomic mass is 28.4. The molecule has 0 amide bonds. The Balaban J connectivity index is 4.49. The van der Waals surface area contributed by atoms with E-state index in [2.05, 4.69) is 46.5 Å². The summed E-state index contributed by atoms with van der Waals surface area (Å²) in [6, 6.07) is 0. The van der Waals surface area contributed by atoms with Gasteiger partial charge in [-0.25, -0.2) is 4.79 Å². The average Bonchev–Trinajstić information content (AvgIpc) is 2.69. The van der Waals surface area contributed by atoms with Crippen molar-refractivity contribution in [1.82, 2.24) is 0 Å². The Morgan fingerprint density at radius 1 is 0.833 bits per heavy atom. The first-order valence-electron chi connectivity index (χ1n) is 12.7. The second-order valence-electron chi connectivity index (χ2n) is 9.89. The Bertz CT molecular complexity index is 454. The molecule has 0 bridgehead atoms. The molecular formula is C26H52O3Si. The zero-order valence-electron chi connectivity index (χ0n) is 21.4. The first kappa shape index (κ1) is 29.4. The molecule has 0 saturated heterocycles. The minimum atomic E-state index is -1.77. The van der Waals surface area contributed by atoms with Crippen molar-refractivity contribution in [3.63, 3.8) is 0 Å². The van der Waals surface area contributed by atoms with Crippen LogP contribution in [-0.2, 0) is 14.0 Å². The molecule has 0 fully saturated rings. The first-order valence-corrected chi connectivity index (χ1v) is 16.1. The van der Waals surface area contributed by atoms with Crippen LogP contribution in [0.15, 0.2) is 11.6 Å². The smallest absolute Gasteiger partial charge is 0.336 e. The summed E-state index contributed by atoms with van der Waals surface area (Å²) in [7, 11) is -0.286. The second kappa shape index (κ2) is 18.0. The summed E-state index contributed by atoms with van der Waals surface area (Å²) in [6.45, 7) is 13.2. The number of rotatable bonds is 19. The van der Waals surface area contributed by atoms with Crippen LogP contribution in [-0.4, -0.2) is 27.5 Å². The molecule has 178 valence electrons. The summed E-state index contributed by atoms with van der Waals surface area (Å²) >= 11 is 0. The normalized spacial score (nSPS) is 14.6. The van der Waals surface area contributed by atoms with Crippen molar-refractivity contribution < 1.29 is 14.0 Å². The lowest BCUT2D eigenvalue weighted by Gasteiger charge is -2.32. The van der Waals surface area contributed by atoms with E-state index in [0.29, 0.717) is 5.92 Å². The molecule has 2 unspecified atom stereocenters. The van der Waals surface area contributed by atoms with Crippen LogP contribution in [0.5, 0.6) is 0 Å². The Morgan fingerprint density at radius 2 is 1.33 bits per heavy atom. The number of carbonyl (C=O) groups excluding carboxylic acids is 1. The lowest BCUT2D eigenvalue weighted by atomic mass is 9.92. The van der Waals surface area contributed by atoms with Gasteiger partial charge < -0.3 is 9.16 Å². The van der Waals surface area contributed by atoms with Gasteiger partial charge >= 0.3 is 5.97 Å². The highest BCUT2D eigenvalue weighted by molar-refractivity contribution is 6.69. The number of hydrogen-bond acceptors (Lipinski definition) is 3. The summed E-state index contributed by atoms with van der Waals surface area (Å²) in [5, 5.41) is 0. The fourth-order valence-electron chi connectivity index (χ4n) is 3.97. The second-order valence-corrected chi connectivity index (χ2v) is 14.4. The third kappa shape index (κ3) is 15.2. The van der Waals surface area contributed by atoms with Gasteiger partial charge in [0.25, 0.3) is 0 Å².